The van der Waals surface area contributed by atoms with Gasteiger partial charge < -0.3 is 5.32 Å². The van der Waals surface area contributed by atoms with E-state index in [9.17, 15) is 9.18 Å². The quantitative estimate of drug-likeness (QED) is 0.856. The number of rotatable bonds is 6. The molecule has 0 radical (unpaired) electrons. The van der Waals surface area contributed by atoms with E-state index in [1.807, 2.05) is 13.8 Å². The van der Waals surface area contributed by atoms with Gasteiger partial charge in [0.25, 0.3) is 0 Å². The fourth-order valence-electron chi connectivity index (χ4n) is 1.68. The summed E-state index contributed by atoms with van der Waals surface area (Å²) in [5.74, 6) is -0.329. The van der Waals surface area contributed by atoms with E-state index in [1.54, 1.807) is 12.1 Å². The van der Waals surface area contributed by atoms with Crippen molar-refractivity contribution in [2.24, 2.45) is 5.92 Å². The molecule has 1 rings (SSSR count). The van der Waals surface area contributed by atoms with Crippen LogP contribution >= 0.6 is 0 Å². The molecule has 1 amide bonds. The van der Waals surface area contributed by atoms with Gasteiger partial charge in [-0.2, -0.15) is 5.26 Å². The van der Waals surface area contributed by atoms with Crippen molar-refractivity contribution in [1.29, 1.82) is 5.26 Å². The zero-order valence-corrected chi connectivity index (χ0v) is 11.3. The SMILES string of the molecule is CC(C)CNC(=O)CCC(C#N)c1ccc(F)cc1. The van der Waals surface area contributed by atoms with Crippen LogP contribution in [0.4, 0.5) is 4.39 Å². The summed E-state index contributed by atoms with van der Waals surface area (Å²) in [6.45, 7) is 4.69. The lowest BCUT2D eigenvalue weighted by molar-refractivity contribution is -0.121. The molecule has 1 aromatic rings. The number of carbonyl (C=O) groups excluding carboxylic acids is 1. The lowest BCUT2D eigenvalue weighted by Crippen LogP contribution is -2.27. The zero-order valence-electron chi connectivity index (χ0n) is 11.3. The highest BCUT2D eigenvalue weighted by atomic mass is 19.1. The maximum absolute atomic E-state index is 12.8. The van der Waals surface area contributed by atoms with E-state index < -0.39 is 0 Å². The number of halogens is 1. The van der Waals surface area contributed by atoms with Gasteiger partial charge in [0.2, 0.25) is 5.91 Å². The van der Waals surface area contributed by atoms with Crippen LogP contribution in [0.1, 0.15) is 38.2 Å². The average Bonchev–Trinajstić information content (AvgIpc) is 2.39. The van der Waals surface area contributed by atoms with Crippen molar-refractivity contribution < 1.29 is 9.18 Å². The molecule has 0 saturated carbocycles. The lowest BCUT2D eigenvalue weighted by atomic mass is 9.95. The van der Waals surface area contributed by atoms with Gasteiger partial charge in [0.05, 0.1) is 12.0 Å². The molecule has 0 saturated heterocycles. The Labute approximate surface area is 113 Å². The van der Waals surface area contributed by atoms with E-state index >= 15 is 0 Å². The van der Waals surface area contributed by atoms with Gasteiger partial charge in [-0.05, 0) is 30.0 Å². The number of amides is 1. The molecule has 1 N–H and O–H groups in total. The van der Waals surface area contributed by atoms with Crippen molar-refractivity contribution in [1.82, 2.24) is 5.32 Å². The summed E-state index contributed by atoms with van der Waals surface area (Å²) in [4.78, 5) is 11.6. The first-order valence-electron chi connectivity index (χ1n) is 6.44. The van der Waals surface area contributed by atoms with E-state index in [2.05, 4.69) is 11.4 Å². The molecule has 4 heteroatoms. The summed E-state index contributed by atoms with van der Waals surface area (Å²) in [6, 6.07) is 8.00. The number of nitrogens with zero attached hydrogens (tertiary/aromatic N) is 1. The number of nitriles is 1. The van der Waals surface area contributed by atoms with Crippen LogP contribution in [-0.2, 0) is 4.79 Å². The van der Waals surface area contributed by atoms with Crippen LogP contribution in [0.5, 0.6) is 0 Å². The van der Waals surface area contributed by atoms with Gasteiger partial charge in [0.15, 0.2) is 0 Å². The molecule has 0 heterocycles. The lowest BCUT2D eigenvalue weighted by Gasteiger charge is -2.10. The van der Waals surface area contributed by atoms with Crippen molar-refractivity contribution >= 4 is 5.91 Å². The van der Waals surface area contributed by atoms with Crippen molar-refractivity contribution in [3.63, 3.8) is 0 Å². The summed E-state index contributed by atoms with van der Waals surface area (Å²) in [5.41, 5.74) is 0.751. The smallest absolute Gasteiger partial charge is 0.220 e. The Morgan fingerprint density at radius 1 is 1.37 bits per heavy atom. The van der Waals surface area contributed by atoms with E-state index in [0.29, 0.717) is 25.3 Å². The van der Waals surface area contributed by atoms with Crippen molar-refractivity contribution in [2.45, 2.75) is 32.6 Å². The molecule has 0 aliphatic carbocycles. The summed E-state index contributed by atoms with van der Waals surface area (Å²) in [5, 5.41) is 11.9. The predicted octanol–water partition coefficient (Wildman–Crippen LogP) is 2.99. The van der Waals surface area contributed by atoms with Gasteiger partial charge in [-0.25, -0.2) is 4.39 Å². The maximum Gasteiger partial charge on any atom is 0.220 e. The number of nitrogens with one attached hydrogen (secondary N) is 1. The van der Waals surface area contributed by atoms with Gasteiger partial charge >= 0.3 is 0 Å². The van der Waals surface area contributed by atoms with E-state index in [0.717, 1.165) is 5.56 Å². The molecule has 102 valence electrons. The largest absolute Gasteiger partial charge is 0.356 e. The third-order valence-corrected chi connectivity index (χ3v) is 2.80. The Hall–Kier alpha value is -1.89. The number of hydrogen-bond donors (Lipinski definition) is 1. The third-order valence-electron chi connectivity index (χ3n) is 2.80. The molecule has 0 aromatic heterocycles. The van der Waals surface area contributed by atoms with Gasteiger partial charge in [-0.15, -0.1) is 0 Å². The van der Waals surface area contributed by atoms with Crippen LogP contribution in [0.25, 0.3) is 0 Å². The fourth-order valence-corrected chi connectivity index (χ4v) is 1.68. The number of benzene rings is 1. The highest BCUT2D eigenvalue weighted by Crippen LogP contribution is 2.20. The van der Waals surface area contributed by atoms with Gasteiger partial charge in [-0.3, -0.25) is 4.79 Å². The molecule has 1 unspecified atom stereocenters. The first-order chi connectivity index (χ1) is 9.02. The minimum Gasteiger partial charge on any atom is -0.356 e. The van der Waals surface area contributed by atoms with Gasteiger partial charge in [-0.1, -0.05) is 26.0 Å². The van der Waals surface area contributed by atoms with Gasteiger partial charge in [0.1, 0.15) is 5.82 Å². The second kappa shape index (κ2) is 7.52. The molecular weight excluding hydrogens is 243 g/mol. The topological polar surface area (TPSA) is 52.9 Å². The Morgan fingerprint density at radius 3 is 2.53 bits per heavy atom. The molecule has 1 aromatic carbocycles. The highest BCUT2D eigenvalue weighted by Gasteiger charge is 2.13. The van der Waals surface area contributed by atoms with Crippen LogP contribution in [0.3, 0.4) is 0 Å². The highest BCUT2D eigenvalue weighted by molar-refractivity contribution is 5.75. The van der Waals surface area contributed by atoms with Crippen molar-refractivity contribution in [3.05, 3.63) is 35.6 Å². The van der Waals surface area contributed by atoms with Gasteiger partial charge in [0, 0.05) is 13.0 Å². The van der Waals surface area contributed by atoms with Crippen molar-refractivity contribution in [2.75, 3.05) is 6.54 Å². The standard InChI is InChI=1S/C15H19FN2O/c1-11(2)10-18-15(19)8-5-13(9-17)12-3-6-14(16)7-4-12/h3-4,6-7,11,13H,5,8,10H2,1-2H3,(H,18,19). The molecule has 0 fully saturated rings. The number of carbonyl (C=O) groups is 1. The summed E-state index contributed by atoms with van der Waals surface area (Å²) < 4.78 is 12.8. The normalized spacial score (nSPS) is 11.9. The zero-order chi connectivity index (χ0) is 14.3. The van der Waals surface area contributed by atoms with Crippen LogP contribution in [0.2, 0.25) is 0 Å². The molecule has 0 bridgehead atoms. The second-order valence-corrected chi connectivity index (χ2v) is 4.97. The Bertz CT molecular complexity index is 448. The second-order valence-electron chi connectivity index (χ2n) is 4.97. The minimum atomic E-state index is -0.370. The van der Waals surface area contributed by atoms with Crippen LogP contribution in [0, 0.1) is 23.1 Å². The Kier molecular flexibility index (Phi) is 6.01. The van der Waals surface area contributed by atoms with E-state index in [4.69, 9.17) is 5.26 Å². The van der Waals surface area contributed by atoms with Crippen molar-refractivity contribution in [3.8, 4) is 6.07 Å². The van der Waals surface area contributed by atoms with E-state index in [1.165, 1.54) is 12.1 Å². The first-order valence-corrected chi connectivity index (χ1v) is 6.44. The molecule has 0 spiro atoms. The first kappa shape index (κ1) is 15.2. The maximum atomic E-state index is 12.8. The molecule has 19 heavy (non-hydrogen) atoms. The molecule has 0 aliphatic heterocycles. The molecule has 1 atom stereocenters. The Balaban J connectivity index is 2.47. The molecule has 3 nitrogen and oxygen atoms in total. The van der Waals surface area contributed by atoms with Crippen LogP contribution < -0.4 is 5.32 Å². The summed E-state index contributed by atoms with van der Waals surface area (Å²) in [7, 11) is 0. The predicted molar refractivity (Wildman–Crippen MR) is 71.8 cm³/mol. The minimum absolute atomic E-state index is 0.0453. The monoisotopic (exact) mass is 262 g/mol. The van der Waals surface area contributed by atoms with E-state index in [-0.39, 0.29) is 17.6 Å². The van der Waals surface area contributed by atoms with Crippen LogP contribution in [0.15, 0.2) is 24.3 Å². The average molecular weight is 262 g/mol. The number of hydrogen-bond acceptors (Lipinski definition) is 2. The third kappa shape index (κ3) is 5.52. The molecule has 0 aliphatic rings. The van der Waals surface area contributed by atoms with Crippen LogP contribution in [-0.4, -0.2) is 12.5 Å². The Morgan fingerprint density at radius 2 is 2.00 bits per heavy atom. The fraction of sp³-hybridized carbons (Fsp3) is 0.467. The summed E-state index contributed by atoms with van der Waals surface area (Å²) in [6.07, 6.45) is 0.758. The molecular formula is C15H19FN2O. The summed E-state index contributed by atoms with van der Waals surface area (Å²) >= 11 is 0.